The lowest BCUT2D eigenvalue weighted by Gasteiger charge is -2.37. The average molecular weight is 606 g/mol. The van der Waals surface area contributed by atoms with Crippen molar-refractivity contribution in [2.75, 3.05) is 4.90 Å². The van der Waals surface area contributed by atoms with E-state index < -0.39 is 0 Å². The first-order valence-electron chi connectivity index (χ1n) is 17.5. The summed E-state index contributed by atoms with van der Waals surface area (Å²) in [6.45, 7) is 4.76. The van der Waals surface area contributed by atoms with Gasteiger partial charge in [-0.2, -0.15) is 0 Å². The van der Waals surface area contributed by atoms with E-state index in [9.17, 15) is 0 Å². The predicted octanol–water partition coefficient (Wildman–Crippen LogP) is 12.2. The second-order valence-electron chi connectivity index (χ2n) is 15.0. The molecule has 6 aromatic rings. The molecule has 6 aromatic carbocycles. The van der Waals surface area contributed by atoms with Gasteiger partial charge in [0.1, 0.15) is 0 Å². The van der Waals surface area contributed by atoms with Gasteiger partial charge < -0.3 is 4.90 Å². The summed E-state index contributed by atoms with van der Waals surface area (Å²) in [6.07, 6.45) is 5.43. The zero-order valence-corrected chi connectivity index (χ0v) is 27.2. The van der Waals surface area contributed by atoms with Crippen LogP contribution in [0.25, 0.3) is 33.4 Å². The van der Waals surface area contributed by atoms with Crippen LogP contribution in [0.15, 0.2) is 140 Å². The van der Waals surface area contributed by atoms with E-state index >= 15 is 0 Å². The molecule has 2 bridgehead atoms. The van der Waals surface area contributed by atoms with Gasteiger partial charge in [0.2, 0.25) is 0 Å². The quantitative estimate of drug-likeness (QED) is 0.193. The van der Waals surface area contributed by atoms with E-state index in [-0.39, 0.29) is 10.8 Å². The zero-order valence-electron chi connectivity index (χ0n) is 27.2. The van der Waals surface area contributed by atoms with Gasteiger partial charge in [-0.1, -0.05) is 123 Å². The van der Waals surface area contributed by atoms with Gasteiger partial charge in [-0.25, -0.2) is 0 Å². The maximum Gasteiger partial charge on any atom is 0.0465 e. The van der Waals surface area contributed by atoms with Gasteiger partial charge >= 0.3 is 0 Å². The summed E-state index contributed by atoms with van der Waals surface area (Å²) < 4.78 is 0. The molecule has 1 spiro atoms. The third kappa shape index (κ3) is 3.77. The number of hydrogen-bond donors (Lipinski definition) is 0. The minimum atomic E-state index is -0.0580. The molecule has 0 radical (unpaired) electrons. The normalized spacial score (nSPS) is 22.2. The van der Waals surface area contributed by atoms with Crippen molar-refractivity contribution in [2.24, 2.45) is 11.8 Å². The molecule has 0 N–H and O–H groups in total. The van der Waals surface area contributed by atoms with E-state index in [0.29, 0.717) is 0 Å². The Morgan fingerprint density at radius 3 is 1.72 bits per heavy atom. The van der Waals surface area contributed by atoms with E-state index in [2.05, 4.69) is 158 Å². The molecule has 1 heteroatoms. The lowest BCUT2D eigenvalue weighted by molar-refractivity contribution is 0.327. The van der Waals surface area contributed by atoms with E-state index in [1.165, 1.54) is 87.3 Å². The van der Waals surface area contributed by atoms with E-state index in [4.69, 9.17) is 0 Å². The molecule has 2 fully saturated rings. The van der Waals surface area contributed by atoms with Crippen LogP contribution in [0.2, 0.25) is 0 Å². The summed E-state index contributed by atoms with van der Waals surface area (Å²) in [4.78, 5) is 2.51. The number of anilines is 3. The highest BCUT2D eigenvalue weighted by Gasteiger charge is 2.56. The topological polar surface area (TPSA) is 3.24 Å². The lowest BCUT2D eigenvalue weighted by atomic mass is 9.67. The fraction of sp³-hybridized carbons (Fsp3) is 0.217. The molecule has 0 aromatic heterocycles. The monoisotopic (exact) mass is 605 g/mol. The summed E-state index contributed by atoms with van der Waals surface area (Å²) in [5, 5.41) is 0. The van der Waals surface area contributed by atoms with Gasteiger partial charge in [-0.05, 0) is 123 Å². The van der Waals surface area contributed by atoms with Crippen molar-refractivity contribution in [1.82, 2.24) is 0 Å². The Morgan fingerprint density at radius 1 is 0.489 bits per heavy atom. The van der Waals surface area contributed by atoms with Gasteiger partial charge in [0.25, 0.3) is 0 Å². The Labute approximate surface area is 278 Å². The molecule has 10 rings (SSSR count). The second-order valence-corrected chi connectivity index (χ2v) is 15.0. The number of nitrogens with zero attached hydrogens (tertiary/aromatic N) is 1. The fourth-order valence-electron chi connectivity index (χ4n) is 10.2. The molecule has 228 valence electrons. The summed E-state index contributed by atoms with van der Waals surface area (Å²) in [7, 11) is 0. The lowest BCUT2D eigenvalue weighted by Crippen LogP contribution is -2.32. The molecular formula is C46H39N. The van der Waals surface area contributed by atoms with Crippen LogP contribution < -0.4 is 4.90 Å². The minimum absolute atomic E-state index is 0.0580. The molecular weight excluding hydrogens is 567 g/mol. The molecule has 0 saturated heterocycles. The third-order valence-corrected chi connectivity index (χ3v) is 12.3. The molecule has 2 saturated carbocycles. The van der Waals surface area contributed by atoms with Gasteiger partial charge in [0.05, 0.1) is 0 Å². The molecule has 4 aliphatic carbocycles. The Balaban J connectivity index is 1.16. The van der Waals surface area contributed by atoms with Gasteiger partial charge in [-0.15, -0.1) is 0 Å². The number of fused-ring (bicyclic) bond motifs is 11. The van der Waals surface area contributed by atoms with Crippen LogP contribution in [0.4, 0.5) is 17.1 Å². The summed E-state index contributed by atoms with van der Waals surface area (Å²) in [5.74, 6) is 1.59. The van der Waals surface area contributed by atoms with E-state index in [0.717, 1.165) is 11.8 Å². The minimum Gasteiger partial charge on any atom is -0.310 e. The van der Waals surface area contributed by atoms with Crippen molar-refractivity contribution in [2.45, 2.75) is 50.4 Å². The molecule has 0 aliphatic heterocycles. The summed E-state index contributed by atoms with van der Waals surface area (Å²) in [6, 6.07) is 52.7. The highest BCUT2D eigenvalue weighted by atomic mass is 15.1. The largest absolute Gasteiger partial charge is 0.310 e. The molecule has 0 heterocycles. The Bertz CT molecular complexity index is 2190. The Morgan fingerprint density at radius 2 is 1.04 bits per heavy atom. The third-order valence-electron chi connectivity index (χ3n) is 12.3. The second kappa shape index (κ2) is 9.81. The van der Waals surface area contributed by atoms with Crippen molar-refractivity contribution in [1.29, 1.82) is 0 Å². The standard InChI is InChI=1S/C46H39N/c1-45(2)41-14-8-6-12-37(41)39-24-22-35(27-43(39)45)47(34-20-17-32(18-21-34)31-10-4-3-5-11-31)36-23-25-40-38-13-7-9-15-42(38)46(44(40)28-36)29-30-16-19-33(46)26-30/h3-15,17-18,20-25,27-28,30,33H,16,19,26,29H2,1-2H3. The first-order valence-corrected chi connectivity index (χ1v) is 17.5. The predicted molar refractivity (Wildman–Crippen MR) is 196 cm³/mol. The van der Waals surface area contributed by atoms with E-state index in [1.54, 1.807) is 11.1 Å². The number of benzene rings is 6. The Hall–Kier alpha value is -4.88. The van der Waals surface area contributed by atoms with Crippen molar-refractivity contribution in [3.05, 3.63) is 162 Å². The van der Waals surface area contributed by atoms with Crippen LogP contribution in [-0.4, -0.2) is 0 Å². The van der Waals surface area contributed by atoms with Gasteiger partial charge in [0, 0.05) is 27.9 Å². The van der Waals surface area contributed by atoms with Crippen LogP contribution in [0, 0.1) is 11.8 Å². The molecule has 4 aliphatic rings. The fourth-order valence-corrected chi connectivity index (χ4v) is 10.2. The highest BCUT2D eigenvalue weighted by Crippen LogP contribution is 2.66. The van der Waals surface area contributed by atoms with Crippen molar-refractivity contribution in [3.8, 4) is 33.4 Å². The highest BCUT2D eigenvalue weighted by molar-refractivity contribution is 5.89. The van der Waals surface area contributed by atoms with Crippen LogP contribution in [0.1, 0.15) is 61.8 Å². The van der Waals surface area contributed by atoms with Gasteiger partial charge in [0.15, 0.2) is 0 Å². The maximum atomic E-state index is 2.58. The van der Waals surface area contributed by atoms with Crippen LogP contribution >= 0.6 is 0 Å². The molecule has 3 atom stereocenters. The number of hydrogen-bond acceptors (Lipinski definition) is 1. The summed E-state index contributed by atoms with van der Waals surface area (Å²) >= 11 is 0. The molecule has 0 amide bonds. The van der Waals surface area contributed by atoms with Crippen molar-refractivity contribution in [3.63, 3.8) is 0 Å². The van der Waals surface area contributed by atoms with Crippen molar-refractivity contribution >= 4 is 17.1 Å². The smallest absolute Gasteiger partial charge is 0.0465 e. The molecule has 47 heavy (non-hydrogen) atoms. The molecule has 1 nitrogen and oxygen atoms in total. The Kier molecular flexibility index (Phi) is 5.69. The van der Waals surface area contributed by atoms with E-state index in [1.807, 2.05) is 0 Å². The van der Waals surface area contributed by atoms with Crippen LogP contribution in [0.3, 0.4) is 0 Å². The number of rotatable bonds is 4. The van der Waals surface area contributed by atoms with Crippen LogP contribution in [-0.2, 0) is 10.8 Å². The van der Waals surface area contributed by atoms with Crippen LogP contribution in [0.5, 0.6) is 0 Å². The first-order chi connectivity index (χ1) is 23.0. The SMILES string of the molecule is CC1(C)c2ccccc2-c2ccc(N(c3ccc(-c4ccccc4)cc3)c3ccc4c(c3)C3(CC5CCC3C5)c3ccccc3-4)cc21. The first kappa shape index (κ1) is 27.3. The van der Waals surface area contributed by atoms with Gasteiger partial charge in [-0.3, -0.25) is 0 Å². The molecule has 3 unspecified atom stereocenters. The van der Waals surface area contributed by atoms with Crippen molar-refractivity contribution < 1.29 is 0 Å². The summed E-state index contributed by atoms with van der Waals surface area (Å²) in [5.41, 5.74) is 17.8. The maximum absolute atomic E-state index is 2.58. The zero-order chi connectivity index (χ0) is 31.3. The average Bonchev–Trinajstić information content (AvgIpc) is 3.86.